The van der Waals surface area contributed by atoms with Crippen LogP contribution in [0.25, 0.3) is 0 Å². The van der Waals surface area contributed by atoms with E-state index in [1.165, 1.54) is 16.6 Å². The molecule has 6 heteroatoms. The van der Waals surface area contributed by atoms with E-state index in [1.807, 2.05) is 13.8 Å². The summed E-state index contributed by atoms with van der Waals surface area (Å²) < 4.78 is 39.7. The molecule has 0 saturated carbocycles. The Morgan fingerprint density at radius 1 is 1.32 bits per heavy atom. The van der Waals surface area contributed by atoms with Gasteiger partial charge in [0.25, 0.3) is 10.0 Å². The van der Waals surface area contributed by atoms with E-state index >= 15 is 0 Å². The van der Waals surface area contributed by atoms with Crippen molar-refractivity contribution in [1.82, 2.24) is 9.29 Å². The van der Waals surface area contributed by atoms with E-state index in [9.17, 15) is 12.8 Å². The molecular formula is C13H21FN2O2S. The first-order chi connectivity index (χ1) is 8.97. The zero-order chi connectivity index (χ0) is 14.5. The molecule has 1 heterocycles. The average molecular weight is 288 g/mol. The number of pyridine rings is 1. The number of sulfonamides is 1. The van der Waals surface area contributed by atoms with Crippen molar-refractivity contribution in [3.63, 3.8) is 0 Å². The summed E-state index contributed by atoms with van der Waals surface area (Å²) >= 11 is 0. The Balaban J connectivity index is 3.06. The van der Waals surface area contributed by atoms with Crippen molar-refractivity contribution in [3.05, 3.63) is 24.1 Å². The Morgan fingerprint density at radius 3 is 2.42 bits per heavy atom. The minimum Gasteiger partial charge on any atom is -0.241 e. The second kappa shape index (κ2) is 6.96. The van der Waals surface area contributed by atoms with Crippen LogP contribution in [0.2, 0.25) is 0 Å². The van der Waals surface area contributed by atoms with Gasteiger partial charge in [0.1, 0.15) is 0 Å². The third-order valence-electron chi connectivity index (χ3n) is 3.28. The van der Waals surface area contributed by atoms with Gasteiger partial charge >= 0.3 is 0 Å². The first-order valence-corrected chi connectivity index (χ1v) is 8.01. The fraction of sp³-hybridized carbons (Fsp3) is 0.615. The quantitative estimate of drug-likeness (QED) is 0.775. The SMILES string of the molecule is CCC(CC)CN(CC)S(=O)(=O)c1ncccc1F. The molecule has 1 aromatic heterocycles. The third-order valence-corrected chi connectivity index (χ3v) is 5.15. The Labute approximate surface area is 114 Å². The largest absolute Gasteiger partial charge is 0.263 e. The maximum Gasteiger partial charge on any atom is 0.263 e. The lowest BCUT2D eigenvalue weighted by Crippen LogP contribution is -2.36. The first kappa shape index (κ1) is 16.0. The molecule has 0 N–H and O–H groups in total. The number of hydrogen-bond acceptors (Lipinski definition) is 3. The van der Waals surface area contributed by atoms with E-state index in [2.05, 4.69) is 4.98 Å². The van der Waals surface area contributed by atoms with Crippen LogP contribution in [-0.2, 0) is 10.0 Å². The van der Waals surface area contributed by atoms with E-state index in [1.54, 1.807) is 6.92 Å². The summed E-state index contributed by atoms with van der Waals surface area (Å²) in [6.07, 6.45) is 3.08. The summed E-state index contributed by atoms with van der Waals surface area (Å²) in [7, 11) is -3.85. The van der Waals surface area contributed by atoms with Gasteiger partial charge in [-0.1, -0.05) is 33.6 Å². The molecule has 4 nitrogen and oxygen atoms in total. The van der Waals surface area contributed by atoms with Crippen LogP contribution in [0, 0.1) is 11.7 Å². The molecule has 0 aromatic carbocycles. The van der Waals surface area contributed by atoms with Crippen molar-refractivity contribution < 1.29 is 12.8 Å². The molecule has 0 unspecified atom stereocenters. The molecule has 19 heavy (non-hydrogen) atoms. The molecule has 0 atom stereocenters. The van der Waals surface area contributed by atoms with E-state index in [0.29, 0.717) is 13.1 Å². The van der Waals surface area contributed by atoms with Gasteiger partial charge in [-0.05, 0) is 18.1 Å². The van der Waals surface area contributed by atoms with Crippen LogP contribution in [0.3, 0.4) is 0 Å². The molecule has 0 fully saturated rings. The van der Waals surface area contributed by atoms with Gasteiger partial charge in [0.2, 0.25) is 5.03 Å². The van der Waals surface area contributed by atoms with E-state index in [4.69, 9.17) is 0 Å². The van der Waals surface area contributed by atoms with Gasteiger partial charge in [-0.3, -0.25) is 0 Å². The average Bonchev–Trinajstić information content (AvgIpc) is 2.40. The van der Waals surface area contributed by atoms with Crippen LogP contribution >= 0.6 is 0 Å². The van der Waals surface area contributed by atoms with Crippen LogP contribution in [0.5, 0.6) is 0 Å². The topological polar surface area (TPSA) is 50.3 Å². The minimum atomic E-state index is -3.85. The lowest BCUT2D eigenvalue weighted by molar-refractivity contribution is 0.336. The van der Waals surface area contributed by atoms with Gasteiger partial charge in [0, 0.05) is 19.3 Å². The zero-order valence-electron chi connectivity index (χ0n) is 11.6. The number of rotatable bonds is 7. The number of halogens is 1. The molecule has 0 radical (unpaired) electrons. The van der Waals surface area contributed by atoms with Gasteiger partial charge in [0.15, 0.2) is 5.82 Å². The molecule has 0 aliphatic carbocycles. The fourth-order valence-corrected chi connectivity index (χ4v) is 3.42. The summed E-state index contributed by atoms with van der Waals surface area (Å²) in [6.45, 7) is 6.52. The molecule has 0 bridgehead atoms. The Hall–Kier alpha value is -1.01. The third kappa shape index (κ3) is 3.73. The maximum atomic E-state index is 13.6. The Morgan fingerprint density at radius 2 is 1.95 bits per heavy atom. The van der Waals surface area contributed by atoms with Crippen LogP contribution in [0.15, 0.2) is 23.4 Å². The second-order valence-corrected chi connectivity index (χ2v) is 6.28. The maximum absolute atomic E-state index is 13.6. The summed E-state index contributed by atoms with van der Waals surface area (Å²) in [5, 5.41) is -0.484. The van der Waals surface area contributed by atoms with Gasteiger partial charge in [-0.25, -0.2) is 17.8 Å². The fourth-order valence-electron chi connectivity index (χ4n) is 1.92. The highest BCUT2D eigenvalue weighted by molar-refractivity contribution is 7.89. The summed E-state index contributed by atoms with van der Waals surface area (Å²) in [5.41, 5.74) is 0. The molecule has 0 spiro atoms. The van der Waals surface area contributed by atoms with Gasteiger partial charge in [0.05, 0.1) is 0 Å². The molecule has 1 rings (SSSR count). The summed E-state index contributed by atoms with van der Waals surface area (Å²) in [6, 6.07) is 2.50. The molecule has 0 amide bonds. The second-order valence-electron chi connectivity index (χ2n) is 4.43. The molecule has 0 aliphatic rings. The van der Waals surface area contributed by atoms with Crippen LogP contribution in [-0.4, -0.2) is 30.8 Å². The number of hydrogen-bond donors (Lipinski definition) is 0. The van der Waals surface area contributed by atoms with E-state index in [-0.39, 0.29) is 5.92 Å². The van der Waals surface area contributed by atoms with Gasteiger partial charge in [-0.15, -0.1) is 0 Å². The zero-order valence-corrected chi connectivity index (χ0v) is 12.5. The number of nitrogens with zero attached hydrogens (tertiary/aromatic N) is 2. The lowest BCUT2D eigenvalue weighted by atomic mass is 10.0. The van der Waals surface area contributed by atoms with Crippen molar-refractivity contribution >= 4 is 10.0 Å². The van der Waals surface area contributed by atoms with Crippen molar-refractivity contribution in [2.75, 3.05) is 13.1 Å². The minimum absolute atomic E-state index is 0.279. The van der Waals surface area contributed by atoms with E-state index < -0.39 is 20.9 Å². The Kier molecular flexibility index (Phi) is 5.87. The van der Waals surface area contributed by atoms with Crippen molar-refractivity contribution in [1.29, 1.82) is 0 Å². The van der Waals surface area contributed by atoms with Gasteiger partial charge < -0.3 is 0 Å². The predicted molar refractivity (Wildman–Crippen MR) is 72.7 cm³/mol. The van der Waals surface area contributed by atoms with Crippen LogP contribution in [0.1, 0.15) is 33.6 Å². The standard InChI is InChI=1S/C13H21FN2O2S/c1-4-11(5-2)10-16(6-3)19(17,18)13-12(14)8-7-9-15-13/h7-9,11H,4-6,10H2,1-3H3. The molecule has 0 aliphatic heterocycles. The molecule has 1 aromatic rings. The Bertz CT molecular complexity index is 501. The highest BCUT2D eigenvalue weighted by Gasteiger charge is 2.28. The highest BCUT2D eigenvalue weighted by atomic mass is 32.2. The monoisotopic (exact) mass is 288 g/mol. The molecular weight excluding hydrogens is 267 g/mol. The number of aromatic nitrogens is 1. The molecule has 0 saturated heterocycles. The normalized spacial score (nSPS) is 12.3. The van der Waals surface area contributed by atoms with E-state index in [0.717, 1.165) is 18.9 Å². The van der Waals surface area contributed by atoms with Crippen LogP contribution in [0.4, 0.5) is 4.39 Å². The van der Waals surface area contributed by atoms with Crippen molar-refractivity contribution in [3.8, 4) is 0 Å². The smallest absolute Gasteiger partial charge is 0.241 e. The summed E-state index contributed by atoms with van der Waals surface area (Å²) in [4.78, 5) is 3.67. The first-order valence-electron chi connectivity index (χ1n) is 6.57. The lowest BCUT2D eigenvalue weighted by Gasteiger charge is -2.24. The summed E-state index contributed by atoms with van der Waals surface area (Å²) in [5.74, 6) is -0.521. The predicted octanol–water partition coefficient (Wildman–Crippen LogP) is 2.67. The highest BCUT2D eigenvalue weighted by Crippen LogP contribution is 2.19. The molecule has 108 valence electrons. The van der Waals surface area contributed by atoms with Gasteiger partial charge in [-0.2, -0.15) is 4.31 Å². The van der Waals surface area contributed by atoms with Crippen molar-refractivity contribution in [2.24, 2.45) is 5.92 Å². The van der Waals surface area contributed by atoms with Crippen LogP contribution < -0.4 is 0 Å². The van der Waals surface area contributed by atoms with Crippen molar-refractivity contribution in [2.45, 2.75) is 38.6 Å².